The number of aromatic nitrogens is 3. The first-order valence-electron chi connectivity index (χ1n) is 7.63. The van der Waals surface area contributed by atoms with Crippen LogP contribution in [0.1, 0.15) is 22.0 Å². The van der Waals surface area contributed by atoms with Crippen LogP contribution in [0, 0.1) is 12.7 Å². The number of hydrogen-bond donors (Lipinski definition) is 0. The number of nitrogens with zero attached hydrogens (tertiary/aromatic N) is 4. The molecule has 0 saturated heterocycles. The summed E-state index contributed by atoms with van der Waals surface area (Å²) < 4.78 is 14.6. The third-order valence-corrected chi connectivity index (χ3v) is 3.92. The second-order valence-corrected chi connectivity index (χ2v) is 6.10. The summed E-state index contributed by atoms with van der Waals surface area (Å²) in [6, 6.07) is 13.2. The molecule has 0 N–H and O–H groups in total. The van der Waals surface area contributed by atoms with E-state index in [2.05, 4.69) is 10.1 Å². The van der Waals surface area contributed by atoms with Crippen molar-refractivity contribution in [2.45, 2.75) is 13.5 Å². The van der Waals surface area contributed by atoms with Gasteiger partial charge in [-0.1, -0.05) is 23.7 Å². The van der Waals surface area contributed by atoms with E-state index in [0.29, 0.717) is 23.1 Å². The summed E-state index contributed by atoms with van der Waals surface area (Å²) >= 11 is 5.97. The molecule has 128 valence electrons. The van der Waals surface area contributed by atoms with Gasteiger partial charge in [-0.2, -0.15) is 0 Å². The molecule has 5 nitrogen and oxygen atoms in total. The van der Waals surface area contributed by atoms with Crippen LogP contribution >= 0.6 is 11.6 Å². The molecule has 0 aliphatic heterocycles. The van der Waals surface area contributed by atoms with Gasteiger partial charge in [0.05, 0.1) is 5.69 Å². The van der Waals surface area contributed by atoms with Crippen molar-refractivity contribution in [3.8, 4) is 5.69 Å². The normalized spacial score (nSPS) is 10.7. The number of benzene rings is 2. The molecule has 3 aromatic rings. The maximum absolute atomic E-state index is 13.1. The van der Waals surface area contributed by atoms with Gasteiger partial charge in [0.2, 0.25) is 5.82 Å². The second kappa shape index (κ2) is 7.03. The van der Waals surface area contributed by atoms with Crippen LogP contribution in [0.3, 0.4) is 0 Å². The summed E-state index contributed by atoms with van der Waals surface area (Å²) in [7, 11) is 1.68. The zero-order chi connectivity index (χ0) is 18.0. The van der Waals surface area contributed by atoms with Gasteiger partial charge in [0, 0.05) is 18.6 Å². The van der Waals surface area contributed by atoms with Crippen LogP contribution in [0.4, 0.5) is 4.39 Å². The maximum Gasteiger partial charge on any atom is 0.293 e. The molecule has 1 aromatic heterocycles. The Bertz CT molecular complexity index is 908. The van der Waals surface area contributed by atoms with E-state index in [1.807, 2.05) is 12.1 Å². The minimum atomic E-state index is -0.334. The highest BCUT2D eigenvalue weighted by atomic mass is 35.5. The Hall–Kier alpha value is -2.73. The molecule has 1 amide bonds. The number of carbonyl (C=O) groups excluding carboxylic acids is 1. The van der Waals surface area contributed by atoms with Crippen molar-refractivity contribution in [2.75, 3.05) is 7.05 Å². The van der Waals surface area contributed by atoms with Crippen LogP contribution in [0.15, 0.2) is 48.5 Å². The van der Waals surface area contributed by atoms with E-state index in [-0.39, 0.29) is 17.5 Å². The van der Waals surface area contributed by atoms with Crippen LogP contribution in [0.25, 0.3) is 5.69 Å². The molecule has 0 atom stereocenters. The Morgan fingerprint density at radius 2 is 1.96 bits per heavy atom. The molecule has 25 heavy (non-hydrogen) atoms. The number of amides is 1. The van der Waals surface area contributed by atoms with Gasteiger partial charge in [0.1, 0.15) is 11.6 Å². The topological polar surface area (TPSA) is 51.0 Å². The summed E-state index contributed by atoms with van der Waals surface area (Å²) in [4.78, 5) is 18.3. The number of halogens is 2. The lowest BCUT2D eigenvalue weighted by Crippen LogP contribution is -2.27. The first-order chi connectivity index (χ1) is 11.9. The molecule has 2 aromatic carbocycles. The second-order valence-electron chi connectivity index (χ2n) is 5.66. The lowest BCUT2D eigenvalue weighted by molar-refractivity contribution is 0.0773. The fourth-order valence-electron chi connectivity index (χ4n) is 2.46. The Balaban J connectivity index is 1.80. The maximum atomic E-state index is 13.1. The molecule has 7 heteroatoms. The molecule has 0 saturated carbocycles. The van der Waals surface area contributed by atoms with Crippen molar-refractivity contribution in [3.63, 3.8) is 0 Å². The van der Waals surface area contributed by atoms with Crippen molar-refractivity contribution in [1.29, 1.82) is 0 Å². The minimum absolute atomic E-state index is 0.0892. The lowest BCUT2D eigenvalue weighted by Gasteiger charge is -2.15. The van der Waals surface area contributed by atoms with Crippen LogP contribution in [0.2, 0.25) is 5.02 Å². The van der Waals surface area contributed by atoms with Gasteiger partial charge >= 0.3 is 0 Å². The molecule has 1 heterocycles. The molecule has 0 fully saturated rings. The van der Waals surface area contributed by atoms with Gasteiger partial charge in [-0.05, 0) is 48.9 Å². The largest absolute Gasteiger partial charge is 0.335 e. The van der Waals surface area contributed by atoms with Crippen LogP contribution in [-0.4, -0.2) is 32.6 Å². The molecule has 3 rings (SSSR count). The predicted octanol–water partition coefficient (Wildman–Crippen LogP) is 3.64. The first-order valence-corrected chi connectivity index (χ1v) is 8.01. The van der Waals surface area contributed by atoms with E-state index in [4.69, 9.17) is 11.6 Å². The average Bonchev–Trinajstić information content (AvgIpc) is 2.96. The lowest BCUT2D eigenvalue weighted by atomic mass is 10.2. The molecular formula is C18H16ClFN4O. The van der Waals surface area contributed by atoms with Gasteiger partial charge in [0.15, 0.2) is 0 Å². The van der Waals surface area contributed by atoms with Crippen LogP contribution in [-0.2, 0) is 6.54 Å². The van der Waals surface area contributed by atoms with E-state index < -0.39 is 0 Å². The highest BCUT2D eigenvalue weighted by Gasteiger charge is 2.19. The van der Waals surface area contributed by atoms with Gasteiger partial charge in [-0.25, -0.2) is 14.1 Å². The van der Waals surface area contributed by atoms with E-state index in [1.165, 1.54) is 21.7 Å². The van der Waals surface area contributed by atoms with Gasteiger partial charge in [-0.3, -0.25) is 4.79 Å². The fourth-order valence-corrected chi connectivity index (χ4v) is 2.67. The zero-order valence-electron chi connectivity index (χ0n) is 13.8. The molecule has 0 aliphatic rings. The van der Waals surface area contributed by atoms with Crippen LogP contribution in [0.5, 0.6) is 0 Å². The Morgan fingerprint density at radius 1 is 1.24 bits per heavy atom. The standard InChI is InChI=1S/C18H16ClFN4O/c1-12-21-17(22-24(12)16-8-6-15(20)7-9-16)18(25)23(2)11-13-4-3-5-14(19)10-13/h3-10H,11H2,1-2H3. The van der Waals surface area contributed by atoms with Crippen molar-refractivity contribution in [2.24, 2.45) is 0 Å². The van der Waals surface area contributed by atoms with E-state index in [0.717, 1.165) is 5.56 Å². The molecule has 0 bridgehead atoms. The van der Waals surface area contributed by atoms with E-state index in [9.17, 15) is 9.18 Å². The highest BCUT2D eigenvalue weighted by Crippen LogP contribution is 2.14. The SMILES string of the molecule is Cc1nc(C(=O)N(C)Cc2cccc(Cl)c2)nn1-c1ccc(F)cc1. The summed E-state index contributed by atoms with van der Waals surface area (Å²) in [5.41, 5.74) is 1.56. The molecule has 0 unspecified atom stereocenters. The first kappa shape index (κ1) is 17.1. The average molecular weight is 359 g/mol. The van der Waals surface area contributed by atoms with E-state index in [1.54, 1.807) is 38.2 Å². The highest BCUT2D eigenvalue weighted by molar-refractivity contribution is 6.30. The summed E-state index contributed by atoms with van der Waals surface area (Å²) in [6.07, 6.45) is 0. The Morgan fingerprint density at radius 3 is 2.64 bits per heavy atom. The van der Waals surface area contributed by atoms with Gasteiger partial charge in [-0.15, -0.1) is 5.10 Å². The van der Waals surface area contributed by atoms with Crippen molar-refractivity contribution in [1.82, 2.24) is 19.7 Å². The smallest absolute Gasteiger partial charge is 0.293 e. The summed E-state index contributed by atoms with van der Waals surface area (Å²) in [5.74, 6) is 0.000442. The molecule has 0 radical (unpaired) electrons. The zero-order valence-corrected chi connectivity index (χ0v) is 14.5. The molecule has 0 aliphatic carbocycles. The van der Waals surface area contributed by atoms with Crippen molar-refractivity contribution in [3.05, 3.63) is 76.6 Å². The third-order valence-electron chi connectivity index (χ3n) is 3.69. The monoisotopic (exact) mass is 358 g/mol. The Kier molecular flexibility index (Phi) is 4.81. The minimum Gasteiger partial charge on any atom is -0.335 e. The van der Waals surface area contributed by atoms with Gasteiger partial charge in [0.25, 0.3) is 5.91 Å². The number of aryl methyl sites for hydroxylation is 1. The quantitative estimate of drug-likeness (QED) is 0.715. The van der Waals surface area contributed by atoms with Crippen molar-refractivity contribution >= 4 is 17.5 Å². The van der Waals surface area contributed by atoms with Gasteiger partial charge < -0.3 is 4.90 Å². The number of hydrogen-bond acceptors (Lipinski definition) is 3. The number of rotatable bonds is 4. The van der Waals surface area contributed by atoms with Crippen LogP contribution < -0.4 is 0 Å². The van der Waals surface area contributed by atoms with Crippen molar-refractivity contribution < 1.29 is 9.18 Å². The fraction of sp³-hybridized carbons (Fsp3) is 0.167. The van der Waals surface area contributed by atoms with E-state index >= 15 is 0 Å². The molecular weight excluding hydrogens is 343 g/mol. The number of carbonyl (C=O) groups is 1. The summed E-state index contributed by atoms with van der Waals surface area (Å²) in [5, 5.41) is 4.87. The third kappa shape index (κ3) is 3.85. The molecule has 0 spiro atoms. The summed E-state index contributed by atoms with van der Waals surface area (Å²) in [6.45, 7) is 2.13. The Labute approximate surface area is 149 Å². The predicted molar refractivity (Wildman–Crippen MR) is 93.3 cm³/mol.